The van der Waals surface area contributed by atoms with E-state index in [0.717, 1.165) is 11.4 Å². The smallest absolute Gasteiger partial charge is 0.101 e. The molecule has 2 rings (SSSR count). The van der Waals surface area contributed by atoms with Crippen molar-refractivity contribution in [1.29, 1.82) is 5.26 Å². The van der Waals surface area contributed by atoms with Crippen molar-refractivity contribution >= 4 is 17.3 Å². The molecule has 0 radical (unpaired) electrons. The van der Waals surface area contributed by atoms with Crippen LogP contribution in [-0.4, -0.2) is 23.2 Å². The van der Waals surface area contributed by atoms with Gasteiger partial charge >= 0.3 is 0 Å². The molecule has 0 saturated heterocycles. The Hall–Kier alpha value is -2.09. The van der Waals surface area contributed by atoms with Gasteiger partial charge in [0.25, 0.3) is 0 Å². The van der Waals surface area contributed by atoms with Gasteiger partial charge in [-0.2, -0.15) is 5.26 Å². The van der Waals surface area contributed by atoms with Crippen molar-refractivity contribution < 1.29 is 5.11 Å². The van der Waals surface area contributed by atoms with E-state index in [9.17, 15) is 5.11 Å². The lowest BCUT2D eigenvalue weighted by Crippen LogP contribution is -2.21. The largest absolute Gasteiger partial charge is 0.396 e. The van der Waals surface area contributed by atoms with Crippen LogP contribution in [0.25, 0.3) is 0 Å². The summed E-state index contributed by atoms with van der Waals surface area (Å²) in [6, 6.07) is 13.0. The summed E-state index contributed by atoms with van der Waals surface area (Å²) < 4.78 is 0. The number of halogens is 1. The Labute approximate surface area is 129 Å². The first kappa shape index (κ1) is 15.3. The van der Waals surface area contributed by atoms with Crippen LogP contribution in [0.1, 0.15) is 11.3 Å². The topological polar surface area (TPSA) is 68.9 Å². The molecule has 21 heavy (non-hydrogen) atoms. The first-order valence-corrected chi connectivity index (χ1v) is 7.05. The van der Waals surface area contributed by atoms with Crippen molar-refractivity contribution in [1.82, 2.24) is 4.98 Å². The summed E-state index contributed by atoms with van der Waals surface area (Å²) in [5.74, 6) is 0.0297. The highest BCUT2D eigenvalue weighted by molar-refractivity contribution is 6.30. The highest BCUT2D eigenvalue weighted by Gasteiger charge is 2.11. The maximum absolute atomic E-state index is 9.48. The standard InChI is InChI=1S/C16H16ClN3O/c17-14-4-5-16(13(8-14)9-18)20-10-12(11-21)7-15-3-1-2-6-19-15/h1-6,8,12,20-21H,7,10-11H2/t12-/m1/s1. The summed E-state index contributed by atoms with van der Waals surface area (Å²) in [5, 5.41) is 22.3. The van der Waals surface area contributed by atoms with Crippen molar-refractivity contribution in [2.24, 2.45) is 5.92 Å². The van der Waals surface area contributed by atoms with E-state index in [0.29, 0.717) is 23.6 Å². The van der Waals surface area contributed by atoms with Crippen LogP contribution in [0, 0.1) is 17.2 Å². The normalized spacial score (nSPS) is 11.7. The van der Waals surface area contributed by atoms with Gasteiger partial charge in [-0.15, -0.1) is 0 Å². The van der Waals surface area contributed by atoms with Gasteiger partial charge in [-0.1, -0.05) is 17.7 Å². The van der Waals surface area contributed by atoms with Crippen molar-refractivity contribution in [3.8, 4) is 6.07 Å². The number of nitriles is 1. The highest BCUT2D eigenvalue weighted by Crippen LogP contribution is 2.20. The Morgan fingerprint density at radius 2 is 2.19 bits per heavy atom. The lowest BCUT2D eigenvalue weighted by molar-refractivity contribution is 0.232. The molecule has 1 heterocycles. The Morgan fingerprint density at radius 1 is 1.33 bits per heavy atom. The van der Waals surface area contributed by atoms with Crippen LogP contribution >= 0.6 is 11.6 Å². The van der Waals surface area contributed by atoms with E-state index >= 15 is 0 Å². The van der Waals surface area contributed by atoms with Crippen LogP contribution in [-0.2, 0) is 6.42 Å². The van der Waals surface area contributed by atoms with Crippen LogP contribution in [0.3, 0.4) is 0 Å². The second kappa shape index (κ2) is 7.63. The van der Waals surface area contributed by atoms with Gasteiger partial charge in [0.05, 0.1) is 11.3 Å². The highest BCUT2D eigenvalue weighted by atomic mass is 35.5. The summed E-state index contributed by atoms with van der Waals surface area (Å²) in [6.45, 7) is 0.614. The SMILES string of the molecule is N#Cc1cc(Cl)ccc1NC[C@H](CO)Cc1ccccn1. The Bertz CT molecular complexity index is 625. The molecule has 0 aliphatic rings. The van der Waals surface area contributed by atoms with Crippen molar-refractivity contribution in [2.45, 2.75) is 6.42 Å². The lowest BCUT2D eigenvalue weighted by atomic mass is 10.0. The number of aliphatic hydroxyl groups is 1. The molecule has 0 aliphatic carbocycles. The third-order valence-electron chi connectivity index (χ3n) is 3.17. The van der Waals surface area contributed by atoms with E-state index in [4.69, 9.17) is 16.9 Å². The molecule has 0 spiro atoms. The monoisotopic (exact) mass is 301 g/mol. The predicted molar refractivity (Wildman–Crippen MR) is 83.2 cm³/mol. The van der Waals surface area contributed by atoms with Crippen molar-refractivity contribution in [3.63, 3.8) is 0 Å². The van der Waals surface area contributed by atoms with Crippen LogP contribution < -0.4 is 5.32 Å². The van der Waals surface area contributed by atoms with Gasteiger partial charge in [-0.25, -0.2) is 0 Å². The fourth-order valence-corrected chi connectivity index (χ4v) is 2.21. The van der Waals surface area contributed by atoms with Crippen LogP contribution in [0.5, 0.6) is 0 Å². The number of pyridine rings is 1. The summed E-state index contributed by atoms with van der Waals surface area (Å²) in [6.07, 6.45) is 2.42. The van der Waals surface area contributed by atoms with Crippen molar-refractivity contribution in [2.75, 3.05) is 18.5 Å². The Kier molecular flexibility index (Phi) is 5.56. The van der Waals surface area contributed by atoms with Gasteiger partial charge in [0.15, 0.2) is 0 Å². The third kappa shape index (κ3) is 4.45. The molecule has 4 nitrogen and oxygen atoms in total. The molecule has 2 aromatic rings. The summed E-state index contributed by atoms with van der Waals surface area (Å²) in [7, 11) is 0. The number of aromatic nitrogens is 1. The Morgan fingerprint density at radius 3 is 2.86 bits per heavy atom. The molecule has 108 valence electrons. The molecule has 2 N–H and O–H groups in total. The van der Waals surface area contributed by atoms with Crippen LogP contribution in [0.15, 0.2) is 42.6 Å². The molecule has 1 atom stereocenters. The van der Waals surface area contributed by atoms with Crippen LogP contribution in [0.4, 0.5) is 5.69 Å². The third-order valence-corrected chi connectivity index (χ3v) is 3.40. The maximum atomic E-state index is 9.48. The second-order valence-electron chi connectivity index (χ2n) is 4.76. The molecule has 0 bridgehead atoms. The summed E-state index contributed by atoms with van der Waals surface area (Å²) in [5.41, 5.74) is 2.16. The number of nitrogens with one attached hydrogen (secondary N) is 1. The summed E-state index contributed by atoms with van der Waals surface area (Å²) >= 11 is 5.87. The zero-order chi connectivity index (χ0) is 15.1. The quantitative estimate of drug-likeness (QED) is 0.861. The van der Waals surface area contributed by atoms with Gasteiger partial charge in [0.2, 0.25) is 0 Å². The first-order chi connectivity index (χ1) is 10.2. The van der Waals surface area contributed by atoms with E-state index in [1.807, 2.05) is 18.2 Å². The molecule has 0 amide bonds. The van der Waals surface area contributed by atoms with E-state index in [1.54, 1.807) is 24.4 Å². The Balaban J connectivity index is 1.99. The van der Waals surface area contributed by atoms with E-state index in [-0.39, 0.29) is 12.5 Å². The molecule has 0 unspecified atom stereocenters. The number of nitrogens with zero attached hydrogens (tertiary/aromatic N) is 2. The predicted octanol–water partition coefficient (Wildman–Crippen LogP) is 2.87. The number of rotatable bonds is 6. The van der Waals surface area contributed by atoms with Crippen molar-refractivity contribution in [3.05, 3.63) is 58.9 Å². The van der Waals surface area contributed by atoms with Gasteiger partial charge in [0, 0.05) is 36.0 Å². The molecule has 5 heteroatoms. The zero-order valence-electron chi connectivity index (χ0n) is 11.5. The molecule has 1 aromatic heterocycles. The average Bonchev–Trinajstić information content (AvgIpc) is 2.53. The summed E-state index contributed by atoms with van der Waals surface area (Å²) in [4.78, 5) is 4.26. The molecular weight excluding hydrogens is 286 g/mol. The van der Waals surface area contributed by atoms with E-state index in [2.05, 4.69) is 16.4 Å². The lowest BCUT2D eigenvalue weighted by Gasteiger charge is -2.16. The van der Waals surface area contributed by atoms with E-state index < -0.39 is 0 Å². The minimum Gasteiger partial charge on any atom is -0.396 e. The minimum atomic E-state index is 0.0297. The molecule has 0 aliphatic heterocycles. The maximum Gasteiger partial charge on any atom is 0.101 e. The number of hydrogen-bond donors (Lipinski definition) is 2. The fraction of sp³-hybridized carbons (Fsp3) is 0.250. The van der Waals surface area contributed by atoms with Gasteiger partial charge in [-0.3, -0.25) is 4.98 Å². The molecule has 0 saturated carbocycles. The fourth-order valence-electron chi connectivity index (χ4n) is 2.03. The number of aliphatic hydroxyl groups excluding tert-OH is 1. The van der Waals surface area contributed by atoms with Gasteiger partial charge < -0.3 is 10.4 Å². The molecular formula is C16H16ClN3O. The zero-order valence-corrected chi connectivity index (χ0v) is 12.2. The van der Waals surface area contributed by atoms with Gasteiger partial charge in [0.1, 0.15) is 6.07 Å². The first-order valence-electron chi connectivity index (χ1n) is 6.67. The number of anilines is 1. The molecule has 1 aromatic carbocycles. The number of hydrogen-bond acceptors (Lipinski definition) is 4. The van der Waals surface area contributed by atoms with Crippen LogP contribution in [0.2, 0.25) is 5.02 Å². The second-order valence-corrected chi connectivity index (χ2v) is 5.19. The van der Waals surface area contributed by atoms with Gasteiger partial charge in [-0.05, 0) is 36.8 Å². The number of benzene rings is 1. The average molecular weight is 302 g/mol. The minimum absolute atomic E-state index is 0.0297. The van der Waals surface area contributed by atoms with E-state index in [1.165, 1.54) is 0 Å². The molecule has 0 fully saturated rings.